The maximum atomic E-state index is 13.2. The van der Waals surface area contributed by atoms with Crippen molar-refractivity contribution >= 4 is 57.1 Å². The smallest absolute Gasteiger partial charge is 0.266 e. The van der Waals surface area contributed by atoms with Crippen LogP contribution in [0.25, 0.3) is 17.0 Å². The van der Waals surface area contributed by atoms with Crippen molar-refractivity contribution in [3.05, 3.63) is 70.8 Å². The molecular weight excluding hydrogens is 482 g/mol. The second-order valence-corrected chi connectivity index (χ2v) is 9.72. The number of rotatable bonds is 10. The average molecular weight is 510 g/mol. The van der Waals surface area contributed by atoms with Crippen LogP contribution in [0.3, 0.4) is 0 Å². The van der Waals surface area contributed by atoms with Crippen molar-refractivity contribution in [3.63, 3.8) is 0 Å². The molecule has 1 fully saturated rings. The van der Waals surface area contributed by atoms with Crippen molar-refractivity contribution in [1.82, 2.24) is 14.8 Å². The summed E-state index contributed by atoms with van der Waals surface area (Å²) in [6, 6.07) is 15.4. The fraction of sp³-hybridized carbons (Fsp3) is 0.269. The maximum absolute atomic E-state index is 13.2. The zero-order valence-corrected chi connectivity index (χ0v) is 21.3. The average Bonchev–Trinajstić information content (AvgIpc) is 3.34. The molecule has 182 valence electrons. The summed E-state index contributed by atoms with van der Waals surface area (Å²) in [5, 5.41) is 3.89. The van der Waals surface area contributed by atoms with Crippen molar-refractivity contribution in [1.29, 1.82) is 0 Å². The van der Waals surface area contributed by atoms with Gasteiger partial charge in [0.1, 0.15) is 16.6 Å². The minimum absolute atomic E-state index is 0.0702. The Hall–Kier alpha value is -3.14. The van der Waals surface area contributed by atoms with Gasteiger partial charge in [0.15, 0.2) is 0 Å². The molecule has 0 saturated carbocycles. The summed E-state index contributed by atoms with van der Waals surface area (Å²) in [6.07, 6.45) is 4.54. The van der Waals surface area contributed by atoms with Gasteiger partial charge in [0.25, 0.3) is 5.91 Å². The van der Waals surface area contributed by atoms with E-state index in [1.54, 1.807) is 19.1 Å². The lowest BCUT2D eigenvalue weighted by atomic mass is 10.1. The van der Waals surface area contributed by atoms with Crippen LogP contribution in [0.4, 0.5) is 0 Å². The van der Waals surface area contributed by atoms with E-state index in [4.69, 9.17) is 21.7 Å². The molecule has 1 aliphatic rings. The molecule has 2 amide bonds. The van der Waals surface area contributed by atoms with E-state index < -0.39 is 0 Å². The number of benzene rings is 2. The zero-order chi connectivity index (χ0) is 24.8. The van der Waals surface area contributed by atoms with Gasteiger partial charge in [-0.2, -0.15) is 0 Å². The Kier molecular flexibility index (Phi) is 8.22. The Bertz CT molecular complexity index is 1270. The molecule has 0 spiro atoms. The summed E-state index contributed by atoms with van der Waals surface area (Å²) in [4.78, 5) is 27.8. The standard InChI is InChI=1S/C26H27N3O4S2/c1-32-13-5-12-27-24(30)17-28-16-19(21-6-3-4-7-22(21)28)14-23-25(31)29(26(34)35-23)15-18-8-10-20(33-2)11-9-18/h3-4,6-11,14,16H,5,12-13,15,17H2,1-2H3,(H,27,30)/b23-14-. The number of hydrogen-bond acceptors (Lipinski definition) is 6. The number of nitrogens with zero attached hydrogens (tertiary/aromatic N) is 2. The summed E-state index contributed by atoms with van der Waals surface area (Å²) in [5.74, 6) is 0.571. The van der Waals surface area contributed by atoms with Crippen molar-refractivity contribution in [2.45, 2.75) is 19.5 Å². The van der Waals surface area contributed by atoms with E-state index >= 15 is 0 Å². The van der Waals surface area contributed by atoms with Gasteiger partial charge in [-0.05, 0) is 36.3 Å². The number of amides is 2. The molecule has 0 aliphatic carbocycles. The van der Waals surface area contributed by atoms with Gasteiger partial charge in [0.2, 0.25) is 5.91 Å². The molecule has 0 atom stereocenters. The van der Waals surface area contributed by atoms with Gasteiger partial charge in [-0.25, -0.2) is 0 Å². The van der Waals surface area contributed by atoms with Gasteiger partial charge in [-0.1, -0.05) is 54.3 Å². The molecule has 0 radical (unpaired) electrons. The molecule has 7 nitrogen and oxygen atoms in total. The van der Waals surface area contributed by atoms with Crippen LogP contribution in [0.15, 0.2) is 59.6 Å². The summed E-state index contributed by atoms with van der Waals surface area (Å²) in [6.45, 7) is 1.76. The molecule has 1 aromatic heterocycles. The number of fused-ring (bicyclic) bond motifs is 1. The van der Waals surface area contributed by atoms with Gasteiger partial charge in [-0.3, -0.25) is 14.5 Å². The molecule has 1 N–H and O–H groups in total. The number of thiocarbonyl (C=S) groups is 1. The van der Waals surface area contributed by atoms with Crippen LogP contribution in [0.1, 0.15) is 17.5 Å². The van der Waals surface area contributed by atoms with E-state index in [9.17, 15) is 9.59 Å². The number of ether oxygens (including phenoxy) is 2. The summed E-state index contributed by atoms with van der Waals surface area (Å²) < 4.78 is 12.7. The lowest BCUT2D eigenvalue weighted by Gasteiger charge is -2.14. The lowest BCUT2D eigenvalue weighted by Crippen LogP contribution is -2.28. The maximum Gasteiger partial charge on any atom is 0.266 e. The van der Waals surface area contributed by atoms with Crippen LogP contribution in [-0.2, 0) is 27.4 Å². The predicted octanol–water partition coefficient (Wildman–Crippen LogP) is 4.20. The summed E-state index contributed by atoms with van der Waals surface area (Å²) >= 11 is 6.81. The predicted molar refractivity (Wildman–Crippen MR) is 143 cm³/mol. The van der Waals surface area contributed by atoms with Crippen LogP contribution in [0, 0.1) is 0 Å². The van der Waals surface area contributed by atoms with E-state index in [-0.39, 0.29) is 18.4 Å². The number of carbonyl (C=O) groups is 2. The summed E-state index contributed by atoms with van der Waals surface area (Å²) in [5.41, 5.74) is 2.77. The second kappa shape index (κ2) is 11.5. The third-order valence-corrected chi connectivity index (χ3v) is 7.02. The van der Waals surface area contributed by atoms with E-state index in [1.165, 1.54) is 11.8 Å². The third kappa shape index (κ3) is 5.93. The van der Waals surface area contributed by atoms with Crippen LogP contribution in [0.5, 0.6) is 5.75 Å². The molecule has 2 heterocycles. The third-order valence-electron chi connectivity index (χ3n) is 5.64. The Morgan fingerprint density at radius 2 is 1.91 bits per heavy atom. The molecule has 3 aromatic rings. The number of thioether (sulfide) groups is 1. The van der Waals surface area contributed by atoms with Gasteiger partial charge in [-0.15, -0.1) is 0 Å². The molecule has 0 bridgehead atoms. The number of methoxy groups -OCH3 is 2. The van der Waals surface area contributed by atoms with Crippen LogP contribution in [-0.4, -0.2) is 53.0 Å². The Balaban J connectivity index is 1.52. The first-order valence-electron chi connectivity index (χ1n) is 11.2. The monoisotopic (exact) mass is 509 g/mol. The van der Waals surface area contributed by atoms with E-state index in [0.29, 0.717) is 28.9 Å². The largest absolute Gasteiger partial charge is 0.497 e. The Morgan fingerprint density at radius 3 is 2.66 bits per heavy atom. The second-order valence-electron chi connectivity index (χ2n) is 8.04. The van der Waals surface area contributed by atoms with Gasteiger partial charge >= 0.3 is 0 Å². The van der Waals surface area contributed by atoms with Gasteiger partial charge < -0.3 is 19.4 Å². The first kappa shape index (κ1) is 25.0. The molecule has 35 heavy (non-hydrogen) atoms. The van der Waals surface area contributed by atoms with Crippen molar-refractivity contribution in [3.8, 4) is 5.75 Å². The number of nitrogens with one attached hydrogen (secondary N) is 1. The number of para-hydroxylation sites is 1. The minimum Gasteiger partial charge on any atom is -0.497 e. The van der Waals surface area contributed by atoms with Crippen molar-refractivity contribution in [2.24, 2.45) is 0 Å². The van der Waals surface area contributed by atoms with E-state index in [2.05, 4.69) is 5.32 Å². The highest BCUT2D eigenvalue weighted by molar-refractivity contribution is 8.26. The zero-order valence-electron chi connectivity index (χ0n) is 19.7. The van der Waals surface area contributed by atoms with E-state index in [1.807, 2.05) is 65.4 Å². The molecule has 1 saturated heterocycles. The molecular formula is C26H27N3O4S2. The molecule has 1 aliphatic heterocycles. The number of carbonyl (C=O) groups excluding carboxylic acids is 2. The fourth-order valence-corrected chi connectivity index (χ4v) is 5.11. The van der Waals surface area contributed by atoms with Crippen molar-refractivity contribution < 1.29 is 19.1 Å². The number of aromatic nitrogens is 1. The van der Waals surface area contributed by atoms with Gasteiger partial charge in [0.05, 0.1) is 18.6 Å². The summed E-state index contributed by atoms with van der Waals surface area (Å²) in [7, 11) is 3.26. The highest BCUT2D eigenvalue weighted by atomic mass is 32.2. The normalized spacial score (nSPS) is 14.8. The Labute approximate surface area is 214 Å². The van der Waals surface area contributed by atoms with Gasteiger partial charge in [0, 0.05) is 42.9 Å². The molecule has 0 unspecified atom stereocenters. The lowest BCUT2D eigenvalue weighted by molar-refractivity contribution is -0.123. The SMILES string of the molecule is COCCCNC(=O)Cn1cc(/C=C2\SC(=S)N(Cc3ccc(OC)cc3)C2=O)c2ccccc21. The highest BCUT2D eigenvalue weighted by Crippen LogP contribution is 2.35. The fourth-order valence-electron chi connectivity index (χ4n) is 3.87. The van der Waals surface area contributed by atoms with Crippen LogP contribution < -0.4 is 10.1 Å². The first-order chi connectivity index (χ1) is 17.0. The topological polar surface area (TPSA) is 72.8 Å². The van der Waals surface area contributed by atoms with Crippen LogP contribution >= 0.6 is 24.0 Å². The number of hydrogen-bond donors (Lipinski definition) is 1. The molecule has 4 rings (SSSR count). The molecule has 9 heteroatoms. The first-order valence-corrected chi connectivity index (χ1v) is 12.4. The van der Waals surface area contributed by atoms with Crippen molar-refractivity contribution in [2.75, 3.05) is 27.4 Å². The van der Waals surface area contributed by atoms with Crippen LogP contribution in [0.2, 0.25) is 0 Å². The minimum atomic E-state index is -0.122. The molecule has 2 aromatic carbocycles. The highest BCUT2D eigenvalue weighted by Gasteiger charge is 2.32. The quantitative estimate of drug-likeness (QED) is 0.251. The van der Waals surface area contributed by atoms with E-state index in [0.717, 1.165) is 34.2 Å². The Morgan fingerprint density at radius 1 is 1.14 bits per heavy atom.